The van der Waals surface area contributed by atoms with Gasteiger partial charge in [-0.15, -0.1) is 0 Å². The van der Waals surface area contributed by atoms with Gasteiger partial charge in [-0.3, -0.25) is 9.98 Å². The zero-order valence-electron chi connectivity index (χ0n) is 12.9. The second-order valence-electron chi connectivity index (χ2n) is 6.13. The summed E-state index contributed by atoms with van der Waals surface area (Å²) in [5.41, 5.74) is 5.50. The van der Waals surface area contributed by atoms with E-state index in [-0.39, 0.29) is 5.41 Å². The lowest BCUT2D eigenvalue weighted by Crippen LogP contribution is -2.12. The van der Waals surface area contributed by atoms with Crippen molar-refractivity contribution in [1.82, 2.24) is 4.98 Å². The molecule has 0 aliphatic rings. The maximum atomic E-state index is 4.85. The number of aromatic nitrogens is 1. The minimum Gasteiger partial charge on any atom is -0.255 e. The van der Waals surface area contributed by atoms with Crippen LogP contribution in [0.5, 0.6) is 0 Å². The van der Waals surface area contributed by atoms with E-state index in [1.807, 2.05) is 25.1 Å². The minimum atomic E-state index is 0.0786. The Morgan fingerprint density at radius 1 is 1.05 bits per heavy atom. The first-order valence-electron chi connectivity index (χ1n) is 6.96. The number of para-hydroxylation sites is 1. The van der Waals surface area contributed by atoms with Crippen molar-refractivity contribution in [1.29, 1.82) is 0 Å². The molecule has 0 spiro atoms. The molecule has 20 heavy (non-hydrogen) atoms. The van der Waals surface area contributed by atoms with Crippen molar-refractivity contribution in [3.63, 3.8) is 0 Å². The lowest BCUT2D eigenvalue weighted by atomic mass is 9.84. The topological polar surface area (TPSA) is 25.2 Å². The van der Waals surface area contributed by atoms with Crippen LogP contribution in [0, 0.1) is 6.92 Å². The Bertz CT molecular complexity index is 620. The molecule has 2 nitrogen and oxygen atoms in total. The van der Waals surface area contributed by atoms with Crippen LogP contribution >= 0.6 is 0 Å². The second kappa shape index (κ2) is 5.58. The van der Waals surface area contributed by atoms with Gasteiger partial charge in [0.1, 0.15) is 0 Å². The number of pyridine rings is 1. The van der Waals surface area contributed by atoms with Gasteiger partial charge in [0.25, 0.3) is 0 Å². The average Bonchev–Trinajstić information content (AvgIpc) is 2.40. The van der Waals surface area contributed by atoms with Crippen molar-refractivity contribution < 1.29 is 0 Å². The van der Waals surface area contributed by atoms with Gasteiger partial charge in [0.05, 0.1) is 17.1 Å². The van der Waals surface area contributed by atoms with E-state index in [0.29, 0.717) is 0 Å². The lowest BCUT2D eigenvalue weighted by molar-refractivity contribution is 0.591. The molecule has 0 fully saturated rings. The molecule has 0 unspecified atom stereocenters. The lowest BCUT2D eigenvalue weighted by Gasteiger charge is -2.22. The van der Waals surface area contributed by atoms with Crippen LogP contribution < -0.4 is 0 Å². The Balaban J connectivity index is 2.54. The third-order valence-corrected chi connectivity index (χ3v) is 3.36. The Morgan fingerprint density at radius 3 is 2.40 bits per heavy atom. The van der Waals surface area contributed by atoms with Crippen molar-refractivity contribution in [2.75, 3.05) is 0 Å². The van der Waals surface area contributed by atoms with Crippen LogP contribution in [0.2, 0.25) is 0 Å². The summed E-state index contributed by atoms with van der Waals surface area (Å²) in [6.07, 6.45) is 1.80. The van der Waals surface area contributed by atoms with Gasteiger partial charge in [0, 0.05) is 6.20 Å². The number of aliphatic imine (C=N–C) groups is 1. The van der Waals surface area contributed by atoms with Crippen LogP contribution in [0.3, 0.4) is 0 Å². The molecule has 2 heteroatoms. The van der Waals surface area contributed by atoms with Gasteiger partial charge in [-0.2, -0.15) is 0 Å². The molecule has 0 radical (unpaired) electrons. The van der Waals surface area contributed by atoms with Crippen LogP contribution in [-0.4, -0.2) is 10.7 Å². The van der Waals surface area contributed by atoms with Crippen LogP contribution in [-0.2, 0) is 5.41 Å². The Morgan fingerprint density at radius 2 is 1.80 bits per heavy atom. The number of hydrogen-bond acceptors (Lipinski definition) is 2. The molecule has 1 aromatic heterocycles. The minimum absolute atomic E-state index is 0.0786. The maximum Gasteiger partial charge on any atom is 0.0841 e. The van der Waals surface area contributed by atoms with Crippen molar-refractivity contribution in [3.05, 3.63) is 59.4 Å². The van der Waals surface area contributed by atoms with Gasteiger partial charge in [0.2, 0.25) is 0 Å². The molecule has 104 valence electrons. The molecule has 0 aliphatic carbocycles. The van der Waals surface area contributed by atoms with E-state index in [1.165, 1.54) is 11.1 Å². The normalized spacial score (nSPS) is 12.6. The molecule has 0 amide bonds. The summed E-state index contributed by atoms with van der Waals surface area (Å²) in [5, 5.41) is 0. The van der Waals surface area contributed by atoms with Gasteiger partial charge in [-0.05, 0) is 42.5 Å². The summed E-state index contributed by atoms with van der Waals surface area (Å²) in [6, 6.07) is 12.3. The SMILES string of the molecule is CC(=Nc1c(C)cccc1C(C)(C)C)c1ccccn1. The summed E-state index contributed by atoms with van der Waals surface area (Å²) < 4.78 is 0. The molecule has 0 aliphatic heterocycles. The van der Waals surface area contributed by atoms with Gasteiger partial charge in [-0.1, -0.05) is 45.0 Å². The van der Waals surface area contributed by atoms with Crippen molar-refractivity contribution in [2.45, 2.75) is 40.0 Å². The first-order chi connectivity index (χ1) is 9.39. The fourth-order valence-electron chi connectivity index (χ4n) is 2.21. The molecule has 0 bridgehead atoms. The smallest absolute Gasteiger partial charge is 0.0841 e. The third kappa shape index (κ3) is 3.13. The number of nitrogens with zero attached hydrogens (tertiary/aromatic N) is 2. The highest BCUT2D eigenvalue weighted by molar-refractivity contribution is 5.98. The van der Waals surface area contributed by atoms with Gasteiger partial charge in [0.15, 0.2) is 0 Å². The summed E-state index contributed by atoms with van der Waals surface area (Å²) in [4.78, 5) is 9.21. The fraction of sp³-hybridized carbons (Fsp3) is 0.333. The largest absolute Gasteiger partial charge is 0.255 e. The van der Waals surface area contributed by atoms with E-state index in [0.717, 1.165) is 17.1 Å². The highest BCUT2D eigenvalue weighted by atomic mass is 14.8. The third-order valence-electron chi connectivity index (χ3n) is 3.36. The highest BCUT2D eigenvalue weighted by Gasteiger charge is 2.19. The summed E-state index contributed by atoms with van der Waals surface area (Å²) in [7, 11) is 0. The van der Waals surface area contributed by atoms with Crippen LogP contribution in [0.25, 0.3) is 0 Å². The summed E-state index contributed by atoms with van der Waals surface area (Å²) in [6.45, 7) is 10.8. The first kappa shape index (κ1) is 14.4. The summed E-state index contributed by atoms with van der Waals surface area (Å²) in [5.74, 6) is 0. The summed E-state index contributed by atoms with van der Waals surface area (Å²) >= 11 is 0. The molecule has 0 saturated carbocycles. The Kier molecular flexibility index (Phi) is 4.03. The molecule has 0 saturated heterocycles. The van der Waals surface area contributed by atoms with Gasteiger partial charge >= 0.3 is 0 Å². The molecular weight excluding hydrogens is 244 g/mol. The average molecular weight is 266 g/mol. The molecule has 0 N–H and O–H groups in total. The van der Waals surface area contributed by atoms with Crippen molar-refractivity contribution in [2.24, 2.45) is 4.99 Å². The van der Waals surface area contributed by atoms with E-state index in [1.54, 1.807) is 6.20 Å². The monoisotopic (exact) mass is 266 g/mol. The quantitative estimate of drug-likeness (QED) is 0.715. The fourth-order valence-corrected chi connectivity index (χ4v) is 2.21. The molecule has 1 heterocycles. The molecule has 0 atom stereocenters. The van der Waals surface area contributed by atoms with E-state index in [2.05, 4.69) is 50.9 Å². The molecule has 2 rings (SSSR count). The van der Waals surface area contributed by atoms with Gasteiger partial charge in [-0.25, -0.2) is 0 Å². The zero-order valence-corrected chi connectivity index (χ0v) is 12.9. The first-order valence-corrected chi connectivity index (χ1v) is 6.96. The van der Waals surface area contributed by atoms with E-state index in [4.69, 9.17) is 4.99 Å². The van der Waals surface area contributed by atoms with Crippen LogP contribution in [0.1, 0.15) is 44.5 Å². The number of rotatable bonds is 2. The second-order valence-corrected chi connectivity index (χ2v) is 6.13. The van der Waals surface area contributed by atoms with Crippen LogP contribution in [0.15, 0.2) is 47.6 Å². The van der Waals surface area contributed by atoms with Crippen LogP contribution in [0.4, 0.5) is 5.69 Å². The predicted octanol–water partition coefficient (Wildman–Crippen LogP) is 4.83. The number of aryl methyl sites for hydroxylation is 1. The number of benzene rings is 1. The predicted molar refractivity (Wildman–Crippen MR) is 86.0 cm³/mol. The maximum absolute atomic E-state index is 4.85. The molecular formula is C18H22N2. The van der Waals surface area contributed by atoms with Crippen molar-refractivity contribution in [3.8, 4) is 0 Å². The van der Waals surface area contributed by atoms with E-state index < -0.39 is 0 Å². The standard InChI is InChI=1S/C18H22N2/c1-13-9-8-10-15(18(3,4)5)17(13)20-14(2)16-11-6-7-12-19-16/h6-12H,1-5H3. The zero-order chi connectivity index (χ0) is 14.8. The molecule has 2 aromatic rings. The van der Waals surface area contributed by atoms with E-state index >= 15 is 0 Å². The Hall–Kier alpha value is -1.96. The van der Waals surface area contributed by atoms with Gasteiger partial charge < -0.3 is 0 Å². The number of hydrogen-bond donors (Lipinski definition) is 0. The Labute approximate surface area is 121 Å². The highest BCUT2D eigenvalue weighted by Crippen LogP contribution is 2.34. The van der Waals surface area contributed by atoms with E-state index in [9.17, 15) is 0 Å². The van der Waals surface area contributed by atoms with Crippen molar-refractivity contribution >= 4 is 11.4 Å². The molecule has 1 aromatic carbocycles.